The summed E-state index contributed by atoms with van der Waals surface area (Å²) in [4.78, 5) is 7.21. The first-order chi connectivity index (χ1) is 8.91. The van der Waals surface area contributed by atoms with E-state index >= 15 is 0 Å². The molecule has 0 aliphatic heterocycles. The number of aromatic nitrogens is 2. The number of halogens is 3. The van der Waals surface area contributed by atoms with Crippen LogP contribution in [0.15, 0.2) is 27.7 Å². The molecule has 0 saturated carbocycles. The lowest BCUT2D eigenvalue weighted by Crippen LogP contribution is -2.04. The smallest absolute Gasteiger partial charge is 0.329 e. The van der Waals surface area contributed by atoms with Crippen LogP contribution in [-0.4, -0.2) is 23.4 Å². The van der Waals surface area contributed by atoms with Crippen molar-refractivity contribution >= 4 is 6.21 Å². The Hall–Kier alpha value is -2.18. The van der Waals surface area contributed by atoms with Crippen LogP contribution >= 0.6 is 0 Å². The van der Waals surface area contributed by atoms with Gasteiger partial charge in [-0.05, 0) is 24.1 Å². The Morgan fingerprint density at radius 3 is 2.63 bits per heavy atom. The molecule has 0 aliphatic rings. The van der Waals surface area contributed by atoms with Gasteiger partial charge in [0.2, 0.25) is 5.82 Å². The number of nitrogens with zero attached hydrogens (tertiary/aromatic N) is 3. The van der Waals surface area contributed by atoms with Gasteiger partial charge in [0.15, 0.2) is 0 Å². The molecule has 0 unspecified atom stereocenters. The van der Waals surface area contributed by atoms with Gasteiger partial charge in [0.25, 0.3) is 0 Å². The molecule has 1 heterocycles. The second kappa shape index (κ2) is 4.83. The number of benzene rings is 1. The van der Waals surface area contributed by atoms with Crippen molar-refractivity contribution in [2.75, 3.05) is 7.05 Å². The molecule has 0 atom stereocenters. The van der Waals surface area contributed by atoms with Gasteiger partial charge in [-0.25, -0.2) is 0 Å². The average molecular weight is 269 g/mol. The van der Waals surface area contributed by atoms with E-state index in [1.165, 1.54) is 0 Å². The van der Waals surface area contributed by atoms with E-state index in [-0.39, 0.29) is 5.82 Å². The molecule has 19 heavy (non-hydrogen) atoms. The monoisotopic (exact) mass is 269 g/mol. The molecular weight excluding hydrogens is 259 g/mol. The van der Waals surface area contributed by atoms with Gasteiger partial charge in [-0.2, -0.15) is 18.2 Å². The first-order valence-electron chi connectivity index (χ1n) is 5.36. The minimum Gasteiger partial charge on any atom is -0.329 e. The van der Waals surface area contributed by atoms with Gasteiger partial charge >= 0.3 is 12.1 Å². The summed E-state index contributed by atoms with van der Waals surface area (Å²) >= 11 is 0. The molecule has 0 spiro atoms. The van der Waals surface area contributed by atoms with E-state index in [2.05, 4.69) is 19.7 Å². The normalized spacial score (nSPS) is 12.3. The van der Waals surface area contributed by atoms with Crippen LogP contribution in [-0.2, 0) is 6.18 Å². The molecule has 0 fully saturated rings. The third kappa shape index (κ3) is 2.81. The van der Waals surface area contributed by atoms with Crippen LogP contribution in [0.25, 0.3) is 11.4 Å². The molecule has 0 N–H and O–H groups in total. The van der Waals surface area contributed by atoms with E-state index in [1.807, 2.05) is 6.92 Å². The van der Waals surface area contributed by atoms with Crippen LogP contribution in [0.5, 0.6) is 0 Å². The quantitative estimate of drug-likeness (QED) is 0.787. The van der Waals surface area contributed by atoms with Crippen LogP contribution in [0.3, 0.4) is 0 Å². The topological polar surface area (TPSA) is 51.3 Å². The number of hydrogen-bond donors (Lipinski definition) is 0. The van der Waals surface area contributed by atoms with E-state index in [4.69, 9.17) is 0 Å². The van der Waals surface area contributed by atoms with Crippen molar-refractivity contribution in [2.45, 2.75) is 13.1 Å². The van der Waals surface area contributed by atoms with E-state index in [0.717, 1.165) is 11.1 Å². The predicted octanol–water partition coefficient (Wildman–Crippen LogP) is 3.11. The van der Waals surface area contributed by atoms with E-state index < -0.39 is 12.1 Å². The maximum Gasteiger partial charge on any atom is 0.471 e. The number of aryl methyl sites for hydroxylation is 1. The van der Waals surface area contributed by atoms with Crippen molar-refractivity contribution in [3.63, 3.8) is 0 Å². The summed E-state index contributed by atoms with van der Waals surface area (Å²) in [6.07, 6.45) is -3.02. The highest BCUT2D eigenvalue weighted by Gasteiger charge is 2.38. The third-order valence-corrected chi connectivity index (χ3v) is 2.47. The molecule has 0 saturated heterocycles. The fourth-order valence-electron chi connectivity index (χ4n) is 1.51. The summed E-state index contributed by atoms with van der Waals surface area (Å²) in [5.41, 5.74) is 2.19. The molecule has 2 aromatic rings. The number of rotatable bonds is 2. The van der Waals surface area contributed by atoms with Gasteiger partial charge in [0.1, 0.15) is 0 Å². The van der Waals surface area contributed by atoms with Crippen molar-refractivity contribution < 1.29 is 17.7 Å². The van der Waals surface area contributed by atoms with Crippen LogP contribution in [0, 0.1) is 6.92 Å². The zero-order chi connectivity index (χ0) is 14.0. The molecule has 0 radical (unpaired) electrons. The lowest BCUT2D eigenvalue weighted by atomic mass is 10.1. The first kappa shape index (κ1) is 13.3. The molecular formula is C12H10F3N3O. The Labute approximate surface area is 107 Å². The molecule has 7 heteroatoms. The van der Waals surface area contributed by atoms with E-state index in [9.17, 15) is 13.2 Å². The Morgan fingerprint density at radius 1 is 1.32 bits per heavy atom. The maximum absolute atomic E-state index is 12.4. The highest BCUT2D eigenvalue weighted by atomic mass is 19.4. The second-order valence-electron chi connectivity index (χ2n) is 3.88. The molecule has 1 aromatic carbocycles. The highest BCUT2D eigenvalue weighted by Crippen LogP contribution is 2.29. The third-order valence-electron chi connectivity index (χ3n) is 2.47. The van der Waals surface area contributed by atoms with Crippen molar-refractivity contribution in [3.8, 4) is 11.4 Å². The van der Waals surface area contributed by atoms with Gasteiger partial charge in [-0.15, -0.1) is 0 Å². The van der Waals surface area contributed by atoms with Gasteiger partial charge in [0.05, 0.1) is 0 Å². The molecule has 0 bridgehead atoms. The van der Waals surface area contributed by atoms with Crippen LogP contribution in [0.1, 0.15) is 17.0 Å². The van der Waals surface area contributed by atoms with Gasteiger partial charge < -0.3 is 4.52 Å². The molecule has 2 rings (SSSR count). The Bertz CT molecular complexity index is 617. The number of alkyl halides is 3. The Morgan fingerprint density at radius 2 is 2.05 bits per heavy atom. The molecule has 1 aromatic heterocycles. The fraction of sp³-hybridized carbons (Fsp3) is 0.250. The van der Waals surface area contributed by atoms with Gasteiger partial charge in [-0.3, -0.25) is 4.99 Å². The van der Waals surface area contributed by atoms with Crippen molar-refractivity contribution in [1.29, 1.82) is 0 Å². The maximum atomic E-state index is 12.4. The standard InChI is InChI=1S/C12H10F3N3O/c1-7-3-4-8(5-9(7)6-16-2)10-17-11(19-18-10)12(13,14)15/h3-6H,1-2H3. The van der Waals surface area contributed by atoms with Crippen LogP contribution in [0.4, 0.5) is 13.2 Å². The van der Waals surface area contributed by atoms with E-state index in [1.54, 1.807) is 31.5 Å². The summed E-state index contributed by atoms with van der Waals surface area (Å²) in [5, 5.41) is 3.33. The van der Waals surface area contributed by atoms with E-state index in [0.29, 0.717) is 5.56 Å². The minimum absolute atomic E-state index is 0.0990. The number of aliphatic imine (C=N–C) groups is 1. The SMILES string of the molecule is CN=Cc1cc(-c2noc(C(F)(F)F)n2)ccc1C. The largest absolute Gasteiger partial charge is 0.471 e. The summed E-state index contributed by atoms with van der Waals surface area (Å²) in [7, 11) is 1.61. The molecule has 0 aliphatic carbocycles. The van der Waals surface area contributed by atoms with Crippen molar-refractivity contribution in [3.05, 3.63) is 35.2 Å². The Kier molecular flexibility index (Phi) is 3.37. The van der Waals surface area contributed by atoms with Gasteiger partial charge in [0, 0.05) is 18.8 Å². The molecule has 0 amide bonds. The molecule has 100 valence electrons. The first-order valence-corrected chi connectivity index (χ1v) is 5.36. The van der Waals surface area contributed by atoms with Crippen molar-refractivity contribution in [2.24, 2.45) is 4.99 Å². The van der Waals surface area contributed by atoms with Crippen molar-refractivity contribution in [1.82, 2.24) is 10.1 Å². The van der Waals surface area contributed by atoms with Crippen LogP contribution in [0.2, 0.25) is 0 Å². The van der Waals surface area contributed by atoms with Crippen LogP contribution < -0.4 is 0 Å². The second-order valence-corrected chi connectivity index (χ2v) is 3.88. The average Bonchev–Trinajstić information content (AvgIpc) is 2.81. The zero-order valence-corrected chi connectivity index (χ0v) is 10.2. The molecule has 4 nitrogen and oxygen atoms in total. The lowest BCUT2D eigenvalue weighted by Gasteiger charge is -2.01. The zero-order valence-electron chi connectivity index (χ0n) is 10.2. The number of hydrogen-bond acceptors (Lipinski definition) is 4. The summed E-state index contributed by atoms with van der Waals surface area (Å²) in [5.74, 6) is -1.45. The summed E-state index contributed by atoms with van der Waals surface area (Å²) < 4.78 is 41.3. The Balaban J connectivity index is 2.42. The lowest BCUT2D eigenvalue weighted by molar-refractivity contribution is -0.159. The predicted molar refractivity (Wildman–Crippen MR) is 63.0 cm³/mol. The highest BCUT2D eigenvalue weighted by molar-refractivity contribution is 5.83. The minimum atomic E-state index is -4.64. The fourth-order valence-corrected chi connectivity index (χ4v) is 1.51. The summed E-state index contributed by atoms with van der Waals surface area (Å²) in [6, 6.07) is 5.05. The summed E-state index contributed by atoms with van der Waals surface area (Å²) in [6.45, 7) is 1.87. The van der Waals surface area contributed by atoms with Gasteiger partial charge in [-0.1, -0.05) is 17.3 Å².